The number of carbonyl (C=O) groups excluding carboxylic acids is 2. The fraction of sp³-hybridized carbons (Fsp3) is 0.800. The molecule has 1 atom stereocenters. The first-order chi connectivity index (χ1) is 6.74. The predicted octanol–water partition coefficient (Wildman–Crippen LogP) is -0.110. The molecular weight excluding hydrogens is 196 g/mol. The highest BCUT2D eigenvalue weighted by Gasteiger charge is 2.23. The van der Waals surface area contributed by atoms with E-state index >= 15 is 0 Å². The maximum absolute atomic E-state index is 11.1. The fourth-order valence-electron chi connectivity index (χ4n) is 1.25. The predicted molar refractivity (Wildman–Crippen MR) is 56.9 cm³/mol. The van der Waals surface area contributed by atoms with E-state index in [0.717, 1.165) is 0 Å². The van der Waals surface area contributed by atoms with Gasteiger partial charge in [0.25, 0.3) is 0 Å². The summed E-state index contributed by atoms with van der Waals surface area (Å²) in [6.07, 6.45) is -0.0248. The summed E-state index contributed by atoms with van der Waals surface area (Å²) in [6.45, 7) is 2.30. The summed E-state index contributed by atoms with van der Waals surface area (Å²) in [5.41, 5.74) is 5.09. The molecule has 15 heavy (non-hydrogen) atoms. The molecule has 0 spiro atoms. The Morgan fingerprint density at radius 3 is 2.20 bits per heavy atom. The van der Waals surface area contributed by atoms with Gasteiger partial charge in [-0.1, -0.05) is 6.92 Å². The second-order valence-corrected chi connectivity index (χ2v) is 4.61. The lowest BCUT2D eigenvalue weighted by Gasteiger charge is -2.28. The van der Waals surface area contributed by atoms with Crippen molar-refractivity contribution in [2.75, 3.05) is 27.7 Å². The quantitative estimate of drug-likeness (QED) is 0.498. The van der Waals surface area contributed by atoms with Gasteiger partial charge in [0.2, 0.25) is 5.91 Å². The van der Waals surface area contributed by atoms with Gasteiger partial charge in [-0.2, -0.15) is 0 Å². The normalized spacial score (nSPS) is 13.3. The first-order valence-corrected chi connectivity index (χ1v) is 5.03. The summed E-state index contributed by atoms with van der Waals surface area (Å²) in [5, 5.41) is 0. The van der Waals surface area contributed by atoms with Crippen LogP contribution >= 0.6 is 0 Å². The number of quaternary nitrogens is 1. The lowest BCUT2D eigenvalue weighted by Crippen LogP contribution is -2.44. The van der Waals surface area contributed by atoms with Crippen molar-refractivity contribution in [1.82, 2.24) is 0 Å². The molecule has 0 aromatic rings. The van der Waals surface area contributed by atoms with Crippen molar-refractivity contribution in [1.29, 1.82) is 0 Å². The highest BCUT2D eigenvalue weighted by atomic mass is 16.5. The Morgan fingerprint density at radius 2 is 1.87 bits per heavy atom. The van der Waals surface area contributed by atoms with Crippen LogP contribution in [0.15, 0.2) is 0 Å². The van der Waals surface area contributed by atoms with Crippen molar-refractivity contribution in [3.8, 4) is 0 Å². The average molecular weight is 217 g/mol. The zero-order valence-corrected chi connectivity index (χ0v) is 9.95. The van der Waals surface area contributed by atoms with E-state index in [-0.39, 0.29) is 12.4 Å². The molecule has 0 heterocycles. The molecular formula is C10H21N2O3+. The molecule has 1 unspecified atom stereocenters. The van der Waals surface area contributed by atoms with E-state index in [1.54, 1.807) is 6.92 Å². The molecule has 0 fully saturated rings. The summed E-state index contributed by atoms with van der Waals surface area (Å²) < 4.78 is 5.75. The molecule has 0 radical (unpaired) electrons. The molecule has 0 aromatic heterocycles. The SMILES string of the molecule is CCC(=O)OC(CC(N)=O)C[N+](C)(C)C. The Bertz CT molecular complexity index is 233. The molecule has 0 saturated heterocycles. The first-order valence-electron chi connectivity index (χ1n) is 5.03. The van der Waals surface area contributed by atoms with Gasteiger partial charge in [0, 0.05) is 6.42 Å². The number of primary amides is 1. The summed E-state index contributed by atoms with van der Waals surface area (Å²) in [5.74, 6) is -0.743. The standard InChI is InChI=1S/C10H20N2O3/c1-5-10(14)15-8(6-9(11)13)7-12(2,3)4/h8H,5-7H2,1-4H3,(H-,11,13)/p+1. The Kier molecular flexibility index (Phi) is 5.28. The van der Waals surface area contributed by atoms with E-state index in [4.69, 9.17) is 10.5 Å². The lowest BCUT2D eigenvalue weighted by atomic mass is 10.2. The number of ether oxygens (including phenoxy) is 1. The Balaban J connectivity index is 4.31. The van der Waals surface area contributed by atoms with Crippen LogP contribution < -0.4 is 5.73 Å². The topological polar surface area (TPSA) is 69.4 Å². The van der Waals surface area contributed by atoms with Gasteiger partial charge in [-0.3, -0.25) is 9.59 Å². The Hall–Kier alpha value is -1.10. The summed E-state index contributed by atoms with van der Waals surface area (Å²) in [4.78, 5) is 21.9. The number of hydrogen-bond donors (Lipinski definition) is 1. The van der Waals surface area contributed by atoms with Crippen LogP contribution in [0.4, 0.5) is 0 Å². The van der Waals surface area contributed by atoms with Crippen LogP contribution in [0.1, 0.15) is 19.8 Å². The van der Waals surface area contributed by atoms with Gasteiger partial charge in [0.05, 0.1) is 27.6 Å². The summed E-state index contributed by atoms with van der Waals surface area (Å²) >= 11 is 0. The molecule has 0 saturated carbocycles. The van der Waals surface area contributed by atoms with Crippen LogP contribution in [0, 0.1) is 0 Å². The van der Waals surface area contributed by atoms with Gasteiger partial charge < -0.3 is 15.0 Å². The summed E-state index contributed by atoms with van der Waals surface area (Å²) in [7, 11) is 5.90. The van der Waals surface area contributed by atoms with Gasteiger partial charge in [0.1, 0.15) is 6.54 Å². The maximum Gasteiger partial charge on any atom is 0.306 e. The number of likely N-dealkylation sites (N-methyl/N-ethyl adjacent to an activating group) is 1. The molecule has 2 N–H and O–H groups in total. The molecule has 0 aliphatic heterocycles. The number of rotatable bonds is 6. The zero-order valence-electron chi connectivity index (χ0n) is 9.95. The average Bonchev–Trinajstić information content (AvgIpc) is 1.99. The van der Waals surface area contributed by atoms with Crippen LogP contribution in [0.3, 0.4) is 0 Å². The minimum atomic E-state index is -0.447. The van der Waals surface area contributed by atoms with Crippen LogP contribution in [0.2, 0.25) is 0 Å². The minimum Gasteiger partial charge on any atom is -0.456 e. The van der Waals surface area contributed by atoms with Gasteiger partial charge in [-0.15, -0.1) is 0 Å². The van der Waals surface area contributed by atoms with E-state index in [1.165, 1.54) is 0 Å². The Labute approximate surface area is 90.8 Å². The van der Waals surface area contributed by atoms with E-state index in [0.29, 0.717) is 17.4 Å². The van der Waals surface area contributed by atoms with E-state index in [2.05, 4.69) is 0 Å². The third-order valence-corrected chi connectivity index (χ3v) is 1.77. The van der Waals surface area contributed by atoms with Crippen molar-refractivity contribution < 1.29 is 18.8 Å². The monoisotopic (exact) mass is 217 g/mol. The van der Waals surface area contributed by atoms with Crippen molar-refractivity contribution in [2.24, 2.45) is 5.73 Å². The number of nitrogens with two attached hydrogens (primary N) is 1. The Morgan fingerprint density at radius 1 is 1.33 bits per heavy atom. The van der Waals surface area contributed by atoms with Crippen molar-refractivity contribution in [3.05, 3.63) is 0 Å². The number of carbonyl (C=O) groups is 2. The van der Waals surface area contributed by atoms with E-state index in [1.807, 2.05) is 21.1 Å². The number of esters is 1. The van der Waals surface area contributed by atoms with Gasteiger partial charge >= 0.3 is 5.97 Å². The third-order valence-electron chi connectivity index (χ3n) is 1.77. The van der Waals surface area contributed by atoms with Gasteiger partial charge in [0.15, 0.2) is 6.10 Å². The number of hydrogen-bond acceptors (Lipinski definition) is 3. The van der Waals surface area contributed by atoms with Crippen LogP contribution in [-0.2, 0) is 14.3 Å². The first kappa shape index (κ1) is 13.9. The van der Waals surface area contributed by atoms with Crippen molar-refractivity contribution >= 4 is 11.9 Å². The van der Waals surface area contributed by atoms with E-state index in [9.17, 15) is 9.59 Å². The molecule has 0 rings (SSSR count). The highest BCUT2D eigenvalue weighted by molar-refractivity contribution is 5.75. The minimum absolute atomic E-state index is 0.0846. The lowest BCUT2D eigenvalue weighted by molar-refractivity contribution is -0.873. The zero-order chi connectivity index (χ0) is 12.1. The van der Waals surface area contributed by atoms with E-state index < -0.39 is 12.0 Å². The third kappa shape index (κ3) is 7.93. The fourth-order valence-corrected chi connectivity index (χ4v) is 1.25. The smallest absolute Gasteiger partial charge is 0.306 e. The largest absolute Gasteiger partial charge is 0.456 e. The highest BCUT2D eigenvalue weighted by Crippen LogP contribution is 2.05. The molecule has 0 aromatic carbocycles. The number of nitrogens with zero attached hydrogens (tertiary/aromatic N) is 1. The van der Waals surface area contributed by atoms with Gasteiger partial charge in [-0.25, -0.2) is 0 Å². The molecule has 5 heteroatoms. The molecule has 1 amide bonds. The molecule has 0 aliphatic carbocycles. The van der Waals surface area contributed by atoms with Gasteiger partial charge in [-0.05, 0) is 0 Å². The second-order valence-electron chi connectivity index (χ2n) is 4.61. The number of amides is 1. The van der Waals surface area contributed by atoms with Crippen molar-refractivity contribution in [3.63, 3.8) is 0 Å². The van der Waals surface area contributed by atoms with Crippen LogP contribution in [0.25, 0.3) is 0 Å². The summed E-state index contributed by atoms with van der Waals surface area (Å²) in [6, 6.07) is 0. The van der Waals surface area contributed by atoms with Crippen LogP contribution in [0.5, 0.6) is 0 Å². The second kappa shape index (κ2) is 5.70. The molecule has 88 valence electrons. The maximum atomic E-state index is 11.1. The van der Waals surface area contributed by atoms with Crippen LogP contribution in [-0.4, -0.2) is 50.2 Å². The molecule has 5 nitrogen and oxygen atoms in total. The molecule has 0 bridgehead atoms. The molecule has 0 aliphatic rings. The van der Waals surface area contributed by atoms with Crippen molar-refractivity contribution in [2.45, 2.75) is 25.9 Å².